The second-order valence-electron chi connectivity index (χ2n) is 5.03. The second-order valence-corrected chi connectivity index (χ2v) is 5.03. The van der Waals surface area contributed by atoms with E-state index in [1.807, 2.05) is 37.3 Å². The summed E-state index contributed by atoms with van der Waals surface area (Å²) in [7, 11) is 0. The van der Waals surface area contributed by atoms with Gasteiger partial charge in [0.25, 0.3) is 0 Å². The molecule has 0 amide bonds. The molecule has 3 nitrogen and oxygen atoms in total. The zero-order chi connectivity index (χ0) is 15.1. The van der Waals surface area contributed by atoms with Crippen molar-refractivity contribution in [3.05, 3.63) is 59.7 Å². The first kappa shape index (κ1) is 15.1. The van der Waals surface area contributed by atoms with Gasteiger partial charge in [0, 0.05) is 18.4 Å². The Morgan fingerprint density at radius 3 is 2.62 bits per heavy atom. The molecular formula is C18H20O3. The highest BCUT2D eigenvalue weighted by Gasteiger charge is 2.10. The SMILES string of the molecule is CCCCC(=O)Oc1ccc(O)cc1Cc1ccccc1. The van der Waals surface area contributed by atoms with Crippen LogP contribution in [0.1, 0.15) is 37.3 Å². The Kier molecular flexibility index (Phi) is 5.38. The molecule has 21 heavy (non-hydrogen) atoms. The minimum atomic E-state index is -0.225. The first-order chi connectivity index (χ1) is 10.2. The Hall–Kier alpha value is -2.29. The topological polar surface area (TPSA) is 46.5 Å². The number of phenols is 1. The van der Waals surface area contributed by atoms with Crippen molar-refractivity contribution in [1.82, 2.24) is 0 Å². The molecule has 0 radical (unpaired) electrons. The van der Waals surface area contributed by atoms with Crippen molar-refractivity contribution in [3.8, 4) is 11.5 Å². The highest BCUT2D eigenvalue weighted by molar-refractivity contribution is 5.72. The third kappa shape index (κ3) is 4.63. The van der Waals surface area contributed by atoms with Gasteiger partial charge in [-0.05, 0) is 30.2 Å². The summed E-state index contributed by atoms with van der Waals surface area (Å²) in [5.74, 6) is 0.476. The van der Waals surface area contributed by atoms with Gasteiger partial charge in [-0.15, -0.1) is 0 Å². The molecular weight excluding hydrogens is 264 g/mol. The number of phenolic OH excluding ortho intramolecular Hbond substituents is 1. The van der Waals surface area contributed by atoms with Gasteiger partial charge in [-0.1, -0.05) is 43.7 Å². The van der Waals surface area contributed by atoms with Gasteiger partial charge < -0.3 is 9.84 Å². The van der Waals surface area contributed by atoms with E-state index in [1.165, 1.54) is 6.07 Å². The lowest BCUT2D eigenvalue weighted by molar-refractivity contribution is -0.134. The number of benzene rings is 2. The fourth-order valence-electron chi connectivity index (χ4n) is 2.11. The van der Waals surface area contributed by atoms with Gasteiger partial charge in [0.1, 0.15) is 11.5 Å². The van der Waals surface area contributed by atoms with E-state index in [0.717, 1.165) is 24.0 Å². The number of unbranched alkanes of at least 4 members (excludes halogenated alkanes) is 1. The molecule has 0 saturated carbocycles. The number of carbonyl (C=O) groups excluding carboxylic acids is 1. The Morgan fingerprint density at radius 1 is 1.14 bits per heavy atom. The Balaban J connectivity index is 2.15. The molecule has 0 aliphatic rings. The van der Waals surface area contributed by atoms with Crippen molar-refractivity contribution in [2.45, 2.75) is 32.6 Å². The summed E-state index contributed by atoms with van der Waals surface area (Å²) in [6.07, 6.45) is 2.82. The van der Waals surface area contributed by atoms with Gasteiger partial charge in [0.15, 0.2) is 0 Å². The molecule has 0 aliphatic carbocycles. The average molecular weight is 284 g/mol. The van der Waals surface area contributed by atoms with Crippen LogP contribution in [-0.2, 0) is 11.2 Å². The van der Waals surface area contributed by atoms with Crippen LogP contribution in [0.3, 0.4) is 0 Å². The Bertz CT molecular complexity index is 591. The van der Waals surface area contributed by atoms with Gasteiger partial charge in [0.2, 0.25) is 0 Å². The molecule has 0 aliphatic heterocycles. The molecule has 0 bridgehead atoms. The zero-order valence-corrected chi connectivity index (χ0v) is 12.2. The smallest absolute Gasteiger partial charge is 0.311 e. The van der Waals surface area contributed by atoms with Crippen LogP contribution < -0.4 is 4.74 Å². The summed E-state index contributed by atoms with van der Waals surface area (Å²) in [6.45, 7) is 2.04. The maximum absolute atomic E-state index is 11.8. The quantitative estimate of drug-likeness (QED) is 0.642. The minimum Gasteiger partial charge on any atom is -0.508 e. The van der Waals surface area contributed by atoms with Crippen LogP contribution in [0.4, 0.5) is 0 Å². The maximum atomic E-state index is 11.8. The highest BCUT2D eigenvalue weighted by atomic mass is 16.5. The van der Waals surface area contributed by atoms with Crippen LogP contribution in [-0.4, -0.2) is 11.1 Å². The van der Waals surface area contributed by atoms with E-state index in [1.54, 1.807) is 12.1 Å². The zero-order valence-electron chi connectivity index (χ0n) is 12.2. The first-order valence-electron chi connectivity index (χ1n) is 7.25. The van der Waals surface area contributed by atoms with E-state index < -0.39 is 0 Å². The largest absolute Gasteiger partial charge is 0.508 e. The summed E-state index contributed by atoms with van der Waals surface area (Å²) in [6, 6.07) is 14.7. The molecule has 2 rings (SSSR count). The number of esters is 1. The predicted molar refractivity (Wildman–Crippen MR) is 82.5 cm³/mol. The Labute approximate surface area is 125 Å². The van der Waals surface area contributed by atoms with E-state index in [-0.39, 0.29) is 11.7 Å². The third-order valence-electron chi connectivity index (χ3n) is 3.24. The molecule has 0 saturated heterocycles. The molecule has 0 heterocycles. The molecule has 1 N–H and O–H groups in total. The van der Waals surface area contributed by atoms with Crippen LogP contribution in [0.5, 0.6) is 11.5 Å². The van der Waals surface area contributed by atoms with E-state index >= 15 is 0 Å². The molecule has 0 unspecified atom stereocenters. The molecule has 0 aromatic heterocycles. The molecule has 2 aromatic rings. The lowest BCUT2D eigenvalue weighted by atomic mass is 10.0. The van der Waals surface area contributed by atoms with Crippen LogP contribution in [0.15, 0.2) is 48.5 Å². The number of rotatable bonds is 6. The van der Waals surface area contributed by atoms with Crippen LogP contribution in [0, 0.1) is 0 Å². The molecule has 0 spiro atoms. The van der Waals surface area contributed by atoms with E-state index in [2.05, 4.69) is 0 Å². The summed E-state index contributed by atoms with van der Waals surface area (Å²) in [4.78, 5) is 11.8. The molecule has 0 fully saturated rings. The fourth-order valence-corrected chi connectivity index (χ4v) is 2.11. The van der Waals surface area contributed by atoms with E-state index in [9.17, 15) is 9.90 Å². The van der Waals surface area contributed by atoms with Gasteiger partial charge in [-0.3, -0.25) is 4.79 Å². The standard InChI is InChI=1S/C18H20O3/c1-2-3-9-18(20)21-17-11-10-16(19)13-15(17)12-14-7-5-4-6-8-14/h4-8,10-11,13,19H,2-3,9,12H2,1H3. The van der Waals surface area contributed by atoms with Crippen molar-refractivity contribution >= 4 is 5.97 Å². The summed E-state index contributed by atoms with van der Waals surface area (Å²) < 4.78 is 5.42. The van der Waals surface area contributed by atoms with Gasteiger partial charge in [-0.2, -0.15) is 0 Å². The van der Waals surface area contributed by atoms with Crippen molar-refractivity contribution in [1.29, 1.82) is 0 Å². The average Bonchev–Trinajstić information content (AvgIpc) is 2.49. The predicted octanol–water partition coefficient (Wildman–Crippen LogP) is 4.08. The molecule has 110 valence electrons. The highest BCUT2D eigenvalue weighted by Crippen LogP contribution is 2.26. The molecule has 2 aromatic carbocycles. The lowest BCUT2D eigenvalue weighted by Gasteiger charge is -2.11. The summed E-state index contributed by atoms with van der Waals surface area (Å²) in [5, 5.41) is 9.65. The summed E-state index contributed by atoms with van der Waals surface area (Å²) in [5.41, 5.74) is 1.92. The van der Waals surface area contributed by atoms with Gasteiger partial charge in [0.05, 0.1) is 0 Å². The van der Waals surface area contributed by atoms with Crippen molar-refractivity contribution in [2.75, 3.05) is 0 Å². The van der Waals surface area contributed by atoms with E-state index in [0.29, 0.717) is 18.6 Å². The number of hydrogen-bond acceptors (Lipinski definition) is 3. The summed E-state index contributed by atoms with van der Waals surface area (Å²) >= 11 is 0. The fraction of sp³-hybridized carbons (Fsp3) is 0.278. The second kappa shape index (κ2) is 7.48. The van der Waals surface area contributed by atoms with Crippen molar-refractivity contribution < 1.29 is 14.6 Å². The Morgan fingerprint density at radius 2 is 1.90 bits per heavy atom. The number of hydrogen-bond donors (Lipinski definition) is 1. The van der Waals surface area contributed by atoms with Crippen LogP contribution in [0.2, 0.25) is 0 Å². The number of ether oxygens (including phenoxy) is 1. The number of carbonyl (C=O) groups is 1. The maximum Gasteiger partial charge on any atom is 0.311 e. The first-order valence-corrected chi connectivity index (χ1v) is 7.25. The van der Waals surface area contributed by atoms with Crippen molar-refractivity contribution in [2.24, 2.45) is 0 Å². The monoisotopic (exact) mass is 284 g/mol. The third-order valence-corrected chi connectivity index (χ3v) is 3.24. The number of aromatic hydroxyl groups is 1. The minimum absolute atomic E-state index is 0.175. The van der Waals surface area contributed by atoms with Crippen molar-refractivity contribution in [3.63, 3.8) is 0 Å². The molecule has 0 atom stereocenters. The van der Waals surface area contributed by atoms with E-state index in [4.69, 9.17) is 4.74 Å². The van der Waals surface area contributed by atoms with Crippen LogP contribution in [0.25, 0.3) is 0 Å². The lowest BCUT2D eigenvalue weighted by Crippen LogP contribution is -2.09. The van der Waals surface area contributed by atoms with Gasteiger partial charge >= 0.3 is 5.97 Å². The van der Waals surface area contributed by atoms with Gasteiger partial charge in [-0.25, -0.2) is 0 Å². The molecule has 3 heteroatoms. The normalized spacial score (nSPS) is 10.3. The van der Waals surface area contributed by atoms with Crippen LogP contribution >= 0.6 is 0 Å².